The number of aliphatic hydroxyl groups is 1. The molecule has 0 spiro atoms. The maximum Gasteiger partial charge on any atom is 0.306 e. The molecule has 0 aromatic carbocycles. The topological polar surface area (TPSA) is 55.8 Å². The van der Waals surface area contributed by atoms with Crippen LogP contribution in [0.15, 0.2) is 0 Å². The van der Waals surface area contributed by atoms with Crippen molar-refractivity contribution >= 4 is 17.7 Å². The smallest absolute Gasteiger partial charge is 0.306 e. The van der Waals surface area contributed by atoms with Crippen molar-refractivity contribution in [3.8, 4) is 0 Å². The average Bonchev–Trinajstić information content (AvgIpc) is 2.15. The van der Waals surface area contributed by atoms with Crippen molar-refractivity contribution in [2.75, 3.05) is 26.6 Å². The van der Waals surface area contributed by atoms with Gasteiger partial charge in [-0.2, -0.15) is 11.8 Å². The molecular weight excluding hydrogens is 204 g/mol. The molecule has 0 aromatic heterocycles. The molecule has 0 aliphatic heterocycles. The van der Waals surface area contributed by atoms with E-state index in [0.29, 0.717) is 18.8 Å². The molecule has 0 saturated heterocycles. The van der Waals surface area contributed by atoms with Crippen molar-refractivity contribution in [2.45, 2.75) is 24.7 Å². The quantitative estimate of drug-likeness (QED) is 0.642. The fourth-order valence-electron chi connectivity index (χ4n) is 0.893. The van der Waals surface area contributed by atoms with Crippen LogP contribution >= 0.6 is 11.8 Å². The number of ether oxygens (including phenoxy) is 2. The van der Waals surface area contributed by atoms with Crippen LogP contribution in [-0.4, -0.2) is 49.0 Å². The maximum absolute atomic E-state index is 10.9. The Bertz CT molecular complexity index is 163. The standard InChI is InChI=1S/C9H18O4S/c1-7(4-9(11)13-3)14-6-8(10)5-12-2/h7-8,10H,4-6H2,1-3H3. The SMILES string of the molecule is COCC(O)CSC(C)CC(=O)OC. The third-order valence-electron chi connectivity index (χ3n) is 1.61. The lowest BCUT2D eigenvalue weighted by molar-refractivity contribution is -0.140. The number of carbonyl (C=O) groups is 1. The molecule has 84 valence electrons. The molecule has 0 aromatic rings. The summed E-state index contributed by atoms with van der Waals surface area (Å²) in [4.78, 5) is 10.9. The van der Waals surface area contributed by atoms with Crippen LogP contribution in [0.2, 0.25) is 0 Å². The van der Waals surface area contributed by atoms with Crippen molar-refractivity contribution < 1.29 is 19.4 Å². The number of carbonyl (C=O) groups excluding carboxylic acids is 1. The predicted molar refractivity (Wildman–Crippen MR) is 56.4 cm³/mol. The summed E-state index contributed by atoms with van der Waals surface area (Å²) in [5.41, 5.74) is 0. The van der Waals surface area contributed by atoms with E-state index in [-0.39, 0.29) is 11.2 Å². The van der Waals surface area contributed by atoms with Crippen molar-refractivity contribution in [1.82, 2.24) is 0 Å². The Hall–Kier alpha value is -0.260. The van der Waals surface area contributed by atoms with E-state index in [1.165, 1.54) is 18.9 Å². The molecule has 0 bridgehead atoms. The summed E-state index contributed by atoms with van der Waals surface area (Å²) in [5, 5.41) is 9.49. The highest BCUT2D eigenvalue weighted by atomic mass is 32.2. The lowest BCUT2D eigenvalue weighted by atomic mass is 10.3. The summed E-state index contributed by atoms with van der Waals surface area (Å²) in [6.07, 6.45) is -0.0916. The van der Waals surface area contributed by atoms with Crippen LogP contribution in [0.25, 0.3) is 0 Å². The second-order valence-electron chi connectivity index (χ2n) is 3.03. The molecule has 0 heterocycles. The minimum absolute atomic E-state index is 0.161. The van der Waals surface area contributed by atoms with Crippen LogP contribution in [0.3, 0.4) is 0 Å². The van der Waals surface area contributed by atoms with Gasteiger partial charge in [-0.05, 0) is 0 Å². The van der Waals surface area contributed by atoms with E-state index in [1.54, 1.807) is 7.11 Å². The van der Waals surface area contributed by atoms with Gasteiger partial charge < -0.3 is 14.6 Å². The number of rotatable bonds is 7. The molecule has 1 N–H and O–H groups in total. The third-order valence-corrected chi connectivity index (χ3v) is 2.93. The zero-order valence-corrected chi connectivity index (χ0v) is 9.67. The lowest BCUT2D eigenvalue weighted by Gasteiger charge is -2.13. The molecule has 4 nitrogen and oxygen atoms in total. The molecule has 5 heteroatoms. The van der Waals surface area contributed by atoms with Gasteiger partial charge in [0.05, 0.1) is 26.2 Å². The van der Waals surface area contributed by atoms with Crippen molar-refractivity contribution in [3.63, 3.8) is 0 Å². The first-order valence-electron chi connectivity index (χ1n) is 4.45. The maximum atomic E-state index is 10.9. The van der Waals surface area contributed by atoms with Crippen LogP contribution in [0.5, 0.6) is 0 Å². The normalized spacial score (nSPS) is 14.9. The van der Waals surface area contributed by atoms with Crippen LogP contribution in [0.4, 0.5) is 0 Å². The van der Waals surface area contributed by atoms with Crippen LogP contribution in [0, 0.1) is 0 Å². The summed E-state index contributed by atoms with van der Waals surface area (Å²) < 4.78 is 9.32. The number of hydrogen-bond acceptors (Lipinski definition) is 5. The zero-order valence-electron chi connectivity index (χ0n) is 8.86. The van der Waals surface area contributed by atoms with Gasteiger partial charge in [-0.25, -0.2) is 0 Å². The summed E-state index contributed by atoms with van der Waals surface area (Å²) in [5.74, 6) is 0.359. The van der Waals surface area contributed by atoms with Gasteiger partial charge in [-0.3, -0.25) is 4.79 Å². The van der Waals surface area contributed by atoms with E-state index in [0.717, 1.165) is 0 Å². The Labute approximate surface area is 89.0 Å². The van der Waals surface area contributed by atoms with E-state index < -0.39 is 6.10 Å². The fourth-order valence-corrected chi connectivity index (χ4v) is 1.79. The van der Waals surface area contributed by atoms with E-state index in [1.807, 2.05) is 6.92 Å². The summed E-state index contributed by atoms with van der Waals surface area (Å²) in [6, 6.07) is 0. The first-order valence-corrected chi connectivity index (χ1v) is 5.50. The minimum Gasteiger partial charge on any atom is -0.469 e. The highest BCUT2D eigenvalue weighted by molar-refractivity contribution is 7.99. The second kappa shape index (κ2) is 8.08. The first-order chi connectivity index (χ1) is 6.60. The van der Waals surface area contributed by atoms with Crippen molar-refractivity contribution in [3.05, 3.63) is 0 Å². The third kappa shape index (κ3) is 7.17. The van der Waals surface area contributed by atoms with Crippen molar-refractivity contribution in [2.24, 2.45) is 0 Å². The molecule has 0 fully saturated rings. The number of esters is 1. The fraction of sp³-hybridized carbons (Fsp3) is 0.889. The highest BCUT2D eigenvalue weighted by Gasteiger charge is 2.12. The monoisotopic (exact) mass is 222 g/mol. The molecular formula is C9H18O4S. The van der Waals surface area contributed by atoms with Gasteiger partial charge in [0.2, 0.25) is 0 Å². The number of aliphatic hydroxyl groups excluding tert-OH is 1. The second-order valence-corrected chi connectivity index (χ2v) is 4.50. The highest BCUT2D eigenvalue weighted by Crippen LogP contribution is 2.15. The van der Waals surface area contributed by atoms with Crippen LogP contribution in [0.1, 0.15) is 13.3 Å². The molecule has 0 aliphatic rings. The molecule has 0 aliphatic carbocycles. The molecule has 14 heavy (non-hydrogen) atoms. The Kier molecular flexibility index (Phi) is 7.93. The number of thioether (sulfide) groups is 1. The molecule has 0 rings (SSSR count). The van der Waals surface area contributed by atoms with Gasteiger partial charge in [-0.15, -0.1) is 0 Å². The predicted octanol–water partition coefficient (Wildman–Crippen LogP) is 0.679. The number of methoxy groups -OCH3 is 2. The first kappa shape index (κ1) is 13.7. The largest absolute Gasteiger partial charge is 0.469 e. The van der Waals surface area contributed by atoms with E-state index >= 15 is 0 Å². The zero-order chi connectivity index (χ0) is 11.0. The molecule has 0 radical (unpaired) electrons. The summed E-state index contributed by atoms with van der Waals surface area (Å²) >= 11 is 1.54. The van der Waals surface area contributed by atoms with Gasteiger partial charge in [0.1, 0.15) is 0 Å². The Morgan fingerprint density at radius 1 is 1.50 bits per heavy atom. The van der Waals surface area contributed by atoms with E-state index in [4.69, 9.17) is 4.74 Å². The Morgan fingerprint density at radius 2 is 2.14 bits per heavy atom. The van der Waals surface area contributed by atoms with Gasteiger partial charge in [-0.1, -0.05) is 6.92 Å². The molecule has 2 unspecified atom stereocenters. The Balaban J connectivity index is 3.52. The summed E-state index contributed by atoms with van der Waals surface area (Å²) in [6.45, 7) is 2.26. The van der Waals surface area contributed by atoms with E-state index in [9.17, 15) is 9.90 Å². The van der Waals surface area contributed by atoms with Gasteiger partial charge in [0.25, 0.3) is 0 Å². The lowest BCUT2D eigenvalue weighted by Crippen LogP contribution is -2.19. The van der Waals surface area contributed by atoms with Gasteiger partial charge in [0, 0.05) is 18.1 Å². The summed E-state index contributed by atoms with van der Waals surface area (Å²) in [7, 11) is 2.92. The Morgan fingerprint density at radius 3 is 2.64 bits per heavy atom. The molecule has 2 atom stereocenters. The number of hydrogen-bond donors (Lipinski definition) is 1. The molecule has 0 saturated carbocycles. The average molecular weight is 222 g/mol. The van der Waals surface area contributed by atoms with E-state index in [2.05, 4.69) is 4.74 Å². The minimum atomic E-state index is -0.468. The van der Waals surface area contributed by atoms with Crippen LogP contribution < -0.4 is 0 Å². The van der Waals surface area contributed by atoms with Gasteiger partial charge >= 0.3 is 5.97 Å². The van der Waals surface area contributed by atoms with Crippen molar-refractivity contribution in [1.29, 1.82) is 0 Å². The van der Waals surface area contributed by atoms with Gasteiger partial charge in [0.15, 0.2) is 0 Å². The molecule has 0 amide bonds. The van der Waals surface area contributed by atoms with Crippen LogP contribution in [-0.2, 0) is 14.3 Å².